The molecule has 1 aromatic rings. The molecule has 2 rings (SSSR count). The van der Waals surface area contributed by atoms with E-state index in [1.54, 1.807) is 12.1 Å². The number of nitrogens with one attached hydrogen (secondary N) is 1. The van der Waals surface area contributed by atoms with Gasteiger partial charge in [0.05, 0.1) is 6.61 Å². The molecular weight excluding hydrogens is 270 g/mol. The van der Waals surface area contributed by atoms with E-state index in [2.05, 4.69) is 11.6 Å². The van der Waals surface area contributed by atoms with Gasteiger partial charge < -0.3 is 5.11 Å². The lowest BCUT2D eigenvalue weighted by atomic mass is 9.87. The number of rotatable bonds is 4. The van der Waals surface area contributed by atoms with Gasteiger partial charge in [0.2, 0.25) is 10.0 Å². The molecule has 0 aliphatic heterocycles. The van der Waals surface area contributed by atoms with Crippen molar-refractivity contribution in [2.75, 3.05) is 0 Å². The maximum Gasteiger partial charge on any atom is 0.250 e. The average molecular weight is 289 g/mol. The Hall–Kier alpha value is -0.430. The predicted octanol–water partition coefficient (Wildman–Crippen LogP) is 2.10. The summed E-state index contributed by atoms with van der Waals surface area (Å²) in [4.78, 5) is 0.673. The van der Waals surface area contributed by atoms with Gasteiger partial charge in [-0.1, -0.05) is 19.8 Å². The maximum absolute atomic E-state index is 12.2. The molecule has 2 unspecified atom stereocenters. The topological polar surface area (TPSA) is 66.4 Å². The van der Waals surface area contributed by atoms with Gasteiger partial charge in [0.15, 0.2) is 0 Å². The van der Waals surface area contributed by atoms with E-state index >= 15 is 0 Å². The predicted molar refractivity (Wildman–Crippen MR) is 72.0 cm³/mol. The van der Waals surface area contributed by atoms with Crippen molar-refractivity contribution in [1.82, 2.24) is 4.72 Å². The molecule has 1 aliphatic rings. The van der Waals surface area contributed by atoms with E-state index in [4.69, 9.17) is 5.11 Å². The minimum atomic E-state index is -3.42. The number of aliphatic hydroxyl groups is 1. The van der Waals surface area contributed by atoms with E-state index < -0.39 is 10.0 Å². The summed E-state index contributed by atoms with van der Waals surface area (Å²) in [5.41, 5.74) is 0. The van der Waals surface area contributed by atoms with E-state index in [9.17, 15) is 8.42 Å². The number of hydrogen-bond acceptors (Lipinski definition) is 4. The van der Waals surface area contributed by atoms with Gasteiger partial charge >= 0.3 is 0 Å². The number of aliphatic hydroxyl groups excluding tert-OH is 1. The smallest absolute Gasteiger partial charge is 0.250 e. The first kappa shape index (κ1) is 14.0. The fourth-order valence-corrected chi connectivity index (χ4v) is 4.95. The quantitative estimate of drug-likeness (QED) is 0.892. The summed E-state index contributed by atoms with van der Waals surface area (Å²) in [6.45, 7) is 1.99. The van der Waals surface area contributed by atoms with Crippen LogP contribution < -0.4 is 4.72 Å². The molecule has 2 atom stereocenters. The van der Waals surface area contributed by atoms with Gasteiger partial charge in [-0.05, 0) is 30.9 Å². The largest absolute Gasteiger partial charge is 0.391 e. The Morgan fingerprint density at radius 2 is 2.11 bits per heavy atom. The van der Waals surface area contributed by atoms with E-state index in [0.29, 0.717) is 15.0 Å². The Balaban J connectivity index is 2.11. The molecule has 1 heterocycles. The zero-order chi connectivity index (χ0) is 13.2. The molecule has 0 radical (unpaired) electrons. The minimum Gasteiger partial charge on any atom is -0.391 e. The average Bonchev–Trinajstić information content (AvgIpc) is 2.81. The molecule has 18 heavy (non-hydrogen) atoms. The van der Waals surface area contributed by atoms with Crippen LogP contribution in [-0.4, -0.2) is 19.6 Å². The van der Waals surface area contributed by atoms with Crippen molar-refractivity contribution in [3.05, 3.63) is 17.0 Å². The van der Waals surface area contributed by atoms with Crippen LogP contribution in [-0.2, 0) is 16.6 Å². The molecule has 1 aliphatic carbocycles. The van der Waals surface area contributed by atoms with Gasteiger partial charge in [-0.25, -0.2) is 13.1 Å². The fourth-order valence-electron chi connectivity index (χ4n) is 2.34. The van der Waals surface area contributed by atoms with Crippen LogP contribution in [0.5, 0.6) is 0 Å². The van der Waals surface area contributed by atoms with Crippen LogP contribution in [0, 0.1) is 5.92 Å². The second kappa shape index (κ2) is 5.69. The Labute approximate surface area is 112 Å². The first-order valence-electron chi connectivity index (χ1n) is 6.25. The van der Waals surface area contributed by atoms with Crippen molar-refractivity contribution in [1.29, 1.82) is 0 Å². The van der Waals surface area contributed by atoms with Gasteiger partial charge in [-0.15, -0.1) is 11.3 Å². The SMILES string of the molecule is CC1CCCCC1NS(=O)(=O)c1ccc(CO)s1. The zero-order valence-corrected chi connectivity index (χ0v) is 12.1. The van der Waals surface area contributed by atoms with Gasteiger partial charge in [0.1, 0.15) is 4.21 Å². The monoisotopic (exact) mass is 289 g/mol. The first-order chi connectivity index (χ1) is 8.53. The molecule has 6 heteroatoms. The van der Waals surface area contributed by atoms with Crippen LogP contribution in [0.15, 0.2) is 16.3 Å². The molecule has 1 saturated carbocycles. The highest BCUT2D eigenvalue weighted by Crippen LogP contribution is 2.27. The highest BCUT2D eigenvalue weighted by atomic mass is 32.2. The van der Waals surface area contributed by atoms with Gasteiger partial charge in [-0.3, -0.25) is 0 Å². The van der Waals surface area contributed by atoms with Crippen LogP contribution in [0.2, 0.25) is 0 Å². The van der Waals surface area contributed by atoms with Crippen molar-refractivity contribution in [2.45, 2.75) is 49.5 Å². The molecule has 4 nitrogen and oxygen atoms in total. The molecular formula is C12H19NO3S2. The standard InChI is InChI=1S/C12H19NO3S2/c1-9-4-2-3-5-11(9)13-18(15,16)12-7-6-10(8-14)17-12/h6-7,9,11,13-14H,2-5,8H2,1H3. The summed E-state index contributed by atoms with van der Waals surface area (Å²) >= 11 is 1.13. The van der Waals surface area contributed by atoms with E-state index in [0.717, 1.165) is 30.6 Å². The molecule has 1 fully saturated rings. The first-order valence-corrected chi connectivity index (χ1v) is 8.55. The molecule has 2 N–H and O–H groups in total. The van der Waals surface area contributed by atoms with Crippen molar-refractivity contribution >= 4 is 21.4 Å². The number of hydrogen-bond donors (Lipinski definition) is 2. The van der Waals surface area contributed by atoms with E-state index in [-0.39, 0.29) is 12.6 Å². The lowest BCUT2D eigenvalue weighted by molar-refractivity contribution is 0.285. The lowest BCUT2D eigenvalue weighted by Gasteiger charge is -2.28. The minimum absolute atomic E-state index is 0.0448. The van der Waals surface area contributed by atoms with Crippen LogP contribution in [0.1, 0.15) is 37.5 Å². The third-order valence-electron chi connectivity index (χ3n) is 3.48. The molecule has 0 bridgehead atoms. The Kier molecular flexibility index (Phi) is 4.42. The van der Waals surface area contributed by atoms with Crippen molar-refractivity contribution in [2.24, 2.45) is 5.92 Å². The van der Waals surface area contributed by atoms with E-state index in [1.165, 1.54) is 6.42 Å². The zero-order valence-electron chi connectivity index (χ0n) is 10.4. The second-order valence-corrected chi connectivity index (χ2v) is 7.98. The molecule has 0 saturated heterocycles. The summed E-state index contributed by atoms with van der Waals surface area (Å²) in [6, 6.07) is 3.26. The van der Waals surface area contributed by atoms with Crippen LogP contribution in [0.4, 0.5) is 0 Å². The van der Waals surface area contributed by atoms with E-state index in [1.807, 2.05) is 0 Å². The highest BCUT2D eigenvalue weighted by molar-refractivity contribution is 7.91. The highest BCUT2D eigenvalue weighted by Gasteiger charge is 2.27. The Morgan fingerprint density at radius 1 is 1.39 bits per heavy atom. The maximum atomic E-state index is 12.2. The van der Waals surface area contributed by atoms with Crippen molar-refractivity contribution < 1.29 is 13.5 Å². The van der Waals surface area contributed by atoms with Crippen molar-refractivity contribution in [3.63, 3.8) is 0 Å². The molecule has 1 aromatic heterocycles. The summed E-state index contributed by atoms with van der Waals surface area (Å²) in [7, 11) is -3.42. The van der Waals surface area contributed by atoms with Crippen molar-refractivity contribution in [3.8, 4) is 0 Å². The lowest BCUT2D eigenvalue weighted by Crippen LogP contribution is -2.40. The Morgan fingerprint density at radius 3 is 2.72 bits per heavy atom. The van der Waals surface area contributed by atoms with Crippen LogP contribution in [0.3, 0.4) is 0 Å². The normalized spacial score (nSPS) is 25.2. The summed E-state index contributed by atoms with van der Waals surface area (Å²) in [5, 5.41) is 8.98. The summed E-state index contributed by atoms with van der Waals surface area (Å²) in [5.74, 6) is 0.394. The molecule has 0 spiro atoms. The van der Waals surface area contributed by atoms with Gasteiger partial charge in [-0.2, -0.15) is 0 Å². The Bertz CT molecular complexity index is 495. The van der Waals surface area contributed by atoms with Gasteiger partial charge in [0, 0.05) is 10.9 Å². The van der Waals surface area contributed by atoms with Crippen LogP contribution in [0.25, 0.3) is 0 Å². The van der Waals surface area contributed by atoms with Crippen LogP contribution >= 0.6 is 11.3 Å². The molecule has 0 amide bonds. The third-order valence-corrected chi connectivity index (χ3v) is 6.53. The fraction of sp³-hybridized carbons (Fsp3) is 0.667. The summed E-state index contributed by atoms with van der Waals surface area (Å²) in [6.07, 6.45) is 4.27. The molecule has 102 valence electrons. The third kappa shape index (κ3) is 3.12. The number of thiophene rings is 1. The molecule has 0 aromatic carbocycles. The number of sulfonamides is 1. The summed E-state index contributed by atoms with van der Waals surface area (Å²) < 4.78 is 27.5. The second-order valence-electron chi connectivity index (χ2n) is 4.87. The van der Waals surface area contributed by atoms with Gasteiger partial charge in [0.25, 0.3) is 0 Å².